The van der Waals surface area contributed by atoms with E-state index in [1.54, 1.807) is 49.4 Å². The Morgan fingerprint density at radius 1 is 1.05 bits per heavy atom. The van der Waals surface area contributed by atoms with Crippen LogP contribution in [0.1, 0.15) is 47.0 Å². The van der Waals surface area contributed by atoms with Gasteiger partial charge in [0.1, 0.15) is 17.6 Å². The average Bonchev–Trinajstić information content (AvgIpc) is 3.82. The van der Waals surface area contributed by atoms with E-state index in [0.717, 1.165) is 5.57 Å². The molecule has 58 heavy (non-hydrogen) atoms. The van der Waals surface area contributed by atoms with Gasteiger partial charge in [-0.25, -0.2) is 22.6 Å². The Morgan fingerprint density at radius 3 is 2.45 bits per heavy atom. The van der Waals surface area contributed by atoms with Crippen molar-refractivity contribution in [2.75, 3.05) is 65.8 Å². The Hall–Kier alpha value is -3.54. The second-order valence-electron chi connectivity index (χ2n) is 15.0. The second-order valence-corrected chi connectivity index (χ2v) is 19.0. The fourth-order valence-corrected chi connectivity index (χ4v) is 10.5. The quantitative estimate of drug-likeness (QED) is 0.0988. The van der Waals surface area contributed by atoms with Crippen LogP contribution in [0.15, 0.2) is 71.1 Å². The van der Waals surface area contributed by atoms with E-state index in [-0.39, 0.29) is 55.6 Å². The highest BCUT2D eigenvalue weighted by molar-refractivity contribution is 7.89. The van der Waals surface area contributed by atoms with E-state index in [2.05, 4.69) is 10.2 Å². The van der Waals surface area contributed by atoms with E-state index in [0.29, 0.717) is 50.6 Å². The third kappa shape index (κ3) is 12.7. The van der Waals surface area contributed by atoms with Gasteiger partial charge in [-0.1, -0.05) is 43.7 Å². The van der Waals surface area contributed by atoms with Crippen LogP contribution in [-0.4, -0.2) is 131 Å². The van der Waals surface area contributed by atoms with Crippen LogP contribution in [0.3, 0.4) is 0 Å². The van der Waals surface area contributed by atoms with Crippen LogP contribution in [0.25, 0.3) is 0 Å². The van der Waals surface area contributed by atoms with Crippen molar-refractivity contribution in [3.05, 3.63) is 66.2 Å². The molecule has 0 spiro atoms. The molecule has 2 aromatic carbocycles. The fourth-order valence-electron chi connectivity index (χ4n) is 7.06. The smallest absolute Gasteiger partial charge is 0.407 e. The third-order valence-electron chi connectivity index (χ3n) is 10.2. The molecule has 3 heterocycles. The Bertz CT molecular complexity index is 1830. The number of alkyl carbamates (subject to hydrolysis) is 1. The summed E-state index contributed by atoms with van der Waals surface area (Å²) >= 11 is 0. The lowest BCUT2D eigenvalue weighted by atomic mass is 9.96. The summed E-state index contributed by atoms with van der Waals surface area (Å²) in [5.74, 6) is 0.0486. The number of aliphatic hydroxyl groups is 1. The zero-order chi connectivity index (χ0) is 41.9. The lowest BCUT2D eigenvalue weighted by Crippen LogP contribution is -2.51. The Balaban J connectivity index is 1.28. The number of aliphatic hydroxyl groups excluding tert-OH is 1. The Kier molecular flexibility index (Phi) is 16.6. The number of ether oxygens (including phenoxy) is 5. The van der Waals surface area contributed by atoms with Crippen LogP contribution >= 0.6 is 7.60 Å². The van der Waals surface area contributed by atoms with Crippen LogP contribution in [0.2, 0.25) is 0 Å². The van der Waals surface area contributed by atoms with Crippen molar-refractivity contribution in [2.45, 2.75) is 82.5 Å². The number of hydrogen-bond donors (Lipinski definition) is 2. The van der Waals surface area contributed by atoms with E-state index in [1.807, 2.05) is 19.9 Å². The molecular formula is C40H58N3O13PS. The Morgan fingerprint density at radius 2 is 1.79 bits per heavy atom. The minimum atomic E-state index is -4.05. The number of esters is 1. The molecule has 0 radical (unpaired) electrons. The van der Waals surface area contributed by atoms with Crippen LogP contribution in [0.4, 0.5) is 4.79 Å². The molecule has 0 aromatic heterocycles. The second kappa shape index (κ2) is 21.1. The number of sulfonamides is 1. The molecule has 0 aliphatic carbocycles. The SMILES string of the molecule is CCOC(=O)[C@H](C)OP(=O)(CCN1CC=C(C[C@H](NC(=O)O[C@H]2CO[C@H]3OCC[C@H]32)[C@H](O)CN(CC(C)C)S(=O)(=O)c2ccc(OC)cc2)CC1)Oc1ccccc1. The van der Waals surface area contributed by atoms with Crippen molar-refractivity contribution in [3.8, 4) is 11.5 Å². The number of benzene rings is 2. The average molecular weight is 852 g/mol. The van der Waals surface area contributed by atoms with Crippen LogP contribution in [-0.2, 0) is 42.9 Å². The van der Waals surface area contributed by atoms with Gasteiger partial charge in [0, 0.05) is 32.7 Å². The number of carbonyl (C=O) groups is 2. The third-order valence-corrected chi connectivity index (χ3v) is 13.9. The number of fused-ring (bicyclic) bond motifs is 1. The van der Waals surface area contributed by atoms with Gasteiger partial charge in [-0.05, 0) is 75.4 Å². The molecule has 1 amide bonds. The normalized spacial score (nSPS) is 22.3. The maximum absolute atomic E-state index is 14.0. The van der Waals surface area contributed by atoms with Crippen molar-refractivity contribution in [2.24, 2.45) is 11.8 Å². The number of nitrogens with one attached hydrogen (secondary N) is 1. The summed E-state index contributed by atoms with van der Waals surface area (Å²) in [6.07, 6.45) is -0.696. The molecule has 2 fully saturated rings. The molecule has 0 bridgehead atoms. The van der Waals surface area contributed by atoms with Crippen molar-refractivity contribution in [3.63, 3.8) is 0 Å². The minimum absolute atomic E-state index is 0.00429. The minimum Gasteiger partial charge on any atom is -0.497 e. The fraction of sp³-hybridized carbons (Fsp3) is 0.600. The molecule has 2 aromatic rings. The molecule has 2 N–H and O–H groups in total. The van der Waals surface area contributed by atoms with E-state index in [1.165, 1.54) is 30.5 Å². The van der Waals surface area contributed by atoms with Crippen LogP contribution < -0.4 is 14.6 Å². The van der Waals surface area contributed by atoms with Crippen molar-refractivity contribution in [1.82, 2.24) is 14.5 Å². The van der Waals surface area contributed by atoms with Gasteiger partial charge in [-0.2, -0.15) is 4.31 Å². The maximum Gasteiger partial charge on any atom is 0.407 e. The monoisotopic (exact) mass is 851 g/mol. The predicted octanol–water partition coefficient (Wildman–Crippen LogP) is 4.82. The van der Waals surface area contributed by atoms with E-state index in [9.17, 15) is 27.7 Å². The first-order valence-corrected chi connectivity index (χ1v) is 23.0. The van der Waals surface area contributed by atoms with Crippen molar-refractivity contribution >= 4 is 29.7 Å². The molecule has 5 rings (SSSR count). The topological polar surface area (TPSA) is 189 Å². The lowest BCUT2D eigenvalue weighted by Gasteiger charge is -2.33. The maximum atomic E-state index is 14.0. The van der Waals surface area contributed by atoms with Crippen LogP contribution in [0, 0.1) is 11.8 Å². The summed E-state index contributed by atoms with van der Waals surface area (Å²) in [5.41, 5.74) is 0.929. The molecule has 18 heteroatoms. The zero-order valence-electron chi connectivity index (χ0n) is 33.9. The standard InChI is InChI=1S/C40H58N3O13PS/c1-6-51-38(45)29(4)55-57(47,56-32-10-8-7-9-11-32)23-21-42-19-16-30(17-20-42)24-35(41-40(46)54-37-27-53-39-34(37)18-22-52-39)36(44)26-43(25-28(2)3)58(48,49)33-14-12-31(50-5)13-15-33/h7-16,28-29,34-37,39,44H,6,17-27H2,1-5H3,(H,41,46)/t29-,34-,35-,36+,37-,39+,57?/m0/s1. The molecular weight excluding hydrogens is 793 g/mol. The van der Waals surface area contributed by atoms with Gasteiger partial charge in [-0.3, -0.25) is 9.42 Å². The van der Waals surface area contributed by atoms with E-state index >= 15 is 0 Å². The lowest BCUT2D eigenvalue weighted by molar-refractivity contribution is -0.150. The zero-order valence-corrected chi connectivity index (χ0v) is 35.6. The number of nitrogens with zero attached hydrogens (tertiary/aromatic N) is 2. The number of carbonyl (C=O) groups excluding carboxylic acids is 2. The van der Waals surface area contributed by atoms with Gasteiger partial charge in [0.2, 0.25) is 10.0 Å². The highest BCUT2D eigenvalue weighted by Gasteiger charge is 2.44. The Labute approximate surface area is 341 Å². The highest BCUT2D eigenvalue weighted by Crippen LogP contribution is 2.49. The van der Waals surface area contributed by atoms with Crippen molar-refractivity contribution < 1.29 is 60.4 Å². The molecule has 0 saturated carbocycles. The first-order valence-electron chi connectivity index (χ1n) is 19.8. The molecule has 2 saturated heterocycles. The first kappa shape index (κ1) is 45.5. The van der Waals surface area contributed by atoms with Crippen molar-refractivity contribution in [1.29, 1.82) is 0 Å². The highest BCUT2D eigenvalue weighted by atomic mass is 32.2. The van der Waals surface area contributed by atoms with Gasteiger partial charge in [0.05, 0.1) is 56.1 Å². The number of methoxy groups -OCH3 is 1. The predicted molar refractivity (Wildman–Crippen MR) is 214 cm³/mol. The molecule has 1 unspecified atom stereocenters. The summed E-state index contributed by atoms with van der Waals surface area (Å²) in [6, 6.07) is 13.7. The van der Waals surface area contributed by atoms with Gasteiger partial charge < -0.3 is 38.6 Å². The summed E-state index contributed by atoms with van der Waals surface area (Å²) in [7, 11) is -6.38. The summed E-state index contributed by atoms with van der Waals surface area (Å²) in [4.78, 5) is 27.9. The molecule has 7 atom stereocenters. The summed E-state index contributed by atoms with van der Waals surface area (Å²) in [5, 5.41) is 14.6. The summed E-state index contributed by atoms with van der Waals surface area (Å²) < 4.78 is 82.0. The number of hydrogen-bond acceptors (Lipinski definition) is 14. The van der Waals surface area contributed by atoms with Gasteiger partial charge >= 0.3 is 19.7 Å². The molecule has 322 valence electrons. The number of rotatable bonds is 21. The van der Waals surface area contributed by atoms with E-state index < -0.39 is 60.3 Å². The van der Waals surface area contributed by atoms with Gasteiger partial charge in [0.15, 0.2) is 12.4 Å². The van der Waals surface area contributed by atoms with E-state index in [4.69, 9.17) is 32.7 Å². The summed E-state index contributed by atoms with van der Waals surface area (Å²) in [6.45, 7) is 8.94. The molecule has 3 aliphatic heterocycles. The molecule has 3 aliphatic rings. The largest absolute Gasteiger partial charge is 0.497 e. The number of amides is 1. The molecule has 16 nitrogen and oxygen atoms in total. The van der Waals surface area contributed by atoms with Gasteiger partial charge in [0.25, 0.3) is 0 Å². The van der Waals surface area contributed by atoms with Crippen LogP contribution in [0.5, 0.6) is 11.5 Å². The first-order chi connectivity index (χ1) is 27.7. The number of para-hydroxylation sites is 1. The van der Waals surface area contributed by atoms with Gasteiger partial charge in [-0.15, -0.1) is 0 Å².